The molecule has 1 amide bonds. The molecule has 2 N–H and O–H groups in total. The Morgan fingerprint density at radius 1 is 1.03 bits per heavy atom. The maximum atomic E-state index is 12.8. The predicted molar refractivity (Wildman–Crippen MR) is 121 cm³/mol. The van der Waals surface area contributed by atoms with Gasteiger partial charge in [-0.05, 0) is 42.0 Å². The standard InChI is InChI=1S/C21H16N2O4S3/c22-30(25,26)17-9-6-15(7-10-17)18-11-8-16(27-18)12-19-20(24)23(21(28)29-19)13-14-4-2-1-3-5-14/h1-12H,13H2,(H2,22,25,26). The third-order valence-electron chi connectivity index (χ3n) is 4.42. The fourth-order valence-corrected chi connectivity index (χ4v) is 4.68. The number of primary sulfonamides is 1. The van der Waals surface area contributed by atoms with Crippen LogP contribution in [0.25, 0.3) is 17.4 Å². The highest BCUT2D eigenvalue weighted by Gasteiger charge is 2.32. The van der Waals surface area contributed by atoms with Gasteiger partial charge in [-0.3, -0.25) is 9.69 Å². The Kier molecular flexibility index (Phi) is 5.61. The van der Waals surface area contributed by atoms with Crippen LogP contribution in [0, 0.1) is 0 Å². The van der Waals surface area contributed by atoms with Gasteiger partial charge < -0.3 is 4.42 Å². The number of benzene rings is 2. The summed E-state index contributed by atoms with van der Waals surface area (Å²) in [6.45, 7) is 0.419. The van der Waals surface area contributed by atoms with Crippen LogP contribution >= 0.6 is 24.0 Å². The predicted octanol–water partition coefficient (Wildman–Crippen LogP) is 4.00. The van der Waals surface area contributed by atoms with Crippen LogP contribution in [0.4, 0.5) is 0 Å². The Morgan fingerprint density at radius 2 is 1.73 bits per heavy atom. The number of hydrogen-bond donors (Lipinski definition) is 1. The van der Waals surface area contributed by atoms with Crippen molar-refractivity contribution in [1.29, 1.82) is 0 Å². The molecule has 0 saturated carbocycles. The van der Waals surface area contributed by atoms with Crippen molar-refractivity contribution in [2.24, 2.45) is 5.14 Å². The minimum atomic E-state index is -3.75. The lowest BCUT2D eigenvalue weighted by Crippen LogP contribution is -2.27. The van der Waals surface area contributed by atoms with E-state index in [0.717, 1.165) is 5.56 Å². The van der Waals surface area contributed by atoms with Gasteiger partial charge in [0.1, 0.15) is 15.8 Å². The van der Waals surface area contributed by atoms with Gasteiger partial charge in [-0.1, -0.05) is 54.3 Å². The minimum absolute atomic E-state index is 0.0279. The number of carbonyl (C=O) groups excluding carboxylic acids is 1. The van der Waals surface area contributed by atoms with Gasteiger partial charge in [-0.15, -0.1) is 0 Å². The van der Waals surface area contributed by atoms with E-state index in [2.05, 4.69) is 0 Å². The second-order valence-electron chi connectivity index (χ2n) is 6.52. The molecule has 30 heavy (non-hydrogen) atoms. The number of carbonyl (C=O) groups is 1. The highest BCUT2D eigenvalue weighted by Crippen LogP contribution is 2.34. The van der Waals surface area contributed by atoms with Crippen molar-refractivity contribution < 1.29 is 17.6 Å². The molecule has 4 rings (SSSR count). The first kappa shape index (κ1) is 20.5. The molecule has 0 radical (unpaired) electrons. The zero-order chi connectivity index (χ0) is 21.3. The zero-order valence-electron chi connectivity index (χ0n) is 15.5. The van der Waals surface area contributed by atoms with Crippen molar-refractivity contribution in [2.75, 3.05) is 0 Å². The number of rotatable bonds is 5. The molecule has 0 unspecified atom stereocenters. The SMILES string of the molecule is NS(=O)(=O)c1ccc(-c2ccc(C=C3SC(=S)N(Cc4ccccc4)C3=O)o2)cc1. The van der Waals surface area contributed by atoms with E-state index in [-0.39, 0.29) is 10.8 Å². The lowest BCUT2D eigenvalue weighted by Gasteiger charge is -2.14. The molecule has 0 aliphatic carbocycles. The Labute approximate surface area is 183 Å². The Morgan fingerprint density at radius 3 is 2.40 bits per heavy atom. The molecule has 0 bridgehead atoms. The molecule has 0 atom stereocenters. The summed E-state index contributed by atoms with van der Waals surface area (Å²) in [5.74, 6) is 0.882. The molecular weight excluding hydrogens is 440 g/mol. The molecule has 2 heterocycles. The summed E-state index contributed by atoms with van der Waals surface area (Å²) in [5, 5.41) is 5.12. The van der Waals surface area contributed by atoms with Gasteiger partial charge in [0.05, 0.1) is 16.3 Å². The second kappa shape index (κ2) is 8.19. The van der Waals surface area contributed by atoms with E-state index in [0.29, 0.717) is 32.9 Å². The van der Waals surface area contributed by atoms with E-state index in [1.807, 2.05) is 30.3 Å². The highest BCUT2D eigenvalue weighted by atomic mass is 32.2. The monoisotopic (exact) mass is 456 g/mol. The summed E-state index contributed by atoms with van der Waals surface area (Å²) in [6, 6.07) is 19.2. The number of sulfonamides is 1. The van der Waals surface area contributed by atoms with Gasteiger partial charge >= 0.3 is 0 Å². The van der Waals surface area contributed by atoms with Crippen molar-refractivity contribution in [3.63, 3.8) is 0 Å². The molecule has 3 aromatic rings. The van der Waals surface area contributed by atoms with Crippen molar-refractivity contribution in [3.8, 4) is 11.3 Å². The maximum absolute atomic E-state index is 12.8. The van der Waals surface area contributed by atoms with Crippen molar-refractivity contribution in [1.82, 2.24) is 4.90 Å². The average Bonchev–Trinajstić information content (AvgIpc) is 3.29. The van der Waals surface area contributed by atoms with Gasteiger partial charge in [0.2, 0.25) is 10.0 Å². The van der Waals surface area contributed by atoms with E-state index < -0.39 is 10.0 Å². The van der Waals surface area contributed by atoms with E-state index in [1.54, 1.807) is 35.2 Å². The molecule has 1 saturated heterocycles. The molecule has 1 aromatic heterocycles. The van der Waals surface area contributed by atoms with Crippen LogP contribution in [0.15, 0.2) is 80.9 Å². The summed E-state index contributed by atoms with van der Waals surface area (Å²) >= 11 is 6.61. The smallest absolute Gasteiger partial charge is 0.266 e. The van der Waals surface area contributed by atoms with Crippen molar-refractivity contribution in [3.05, 3.63) is 83.0 Å². The third-order valence-corrected chi connectivity index (χ3v) is 6.73. The molecule has 9 heteroatoms. The van der Waals surface area contributed by atoms with Gasteiger partial charge in [0.25, 0.3) is 5.91 Å². The Bertz CT molecular complexity index is 1250. The molecular formula is C21H16N2O4S3. The number of hydrogen-bond acceptors (Lipinski definition) is 6. The minimum Gasteiger partial charge on any atom is -0.457 e. The molecule has 2 aromatic carbocycles. The van der Waals surface area contributed by atoms with Crippen LogP contribution in [0.5, 0.6) is 0 Å². The number of nitrogens with zero attached hydrogens (tertiary/aromatic N) is 1. The molecule has 1 aliphatic heterocycles. The second-order valence-corrected chi connectivity index (χ2v) is 9.76. The normalized spacial score (nSPS) is 15.9. The Hall–Kier alpha value is -2.72. The van der Waals surface area contributed by atoms with Crippen LogP contribution in [0.3, 0.4) is 0 Å². The van der Waals surface area contributed by atoms with Crippen LogP contribution in [0.2, 0.25) is 0 Å². The van der Waals surface area contributed by atoms with E-state index in [4.69, 9.17) is 21.8 Å². The first-order valence-electron chi connectivity index (χ1n) is 8.83. The molecule has 1 fully saturated rings. The largest absolute Gasteiger partial charge is 0.457 e. The first-order chi connectivity index (χ1) is 14.3. The van der Waals surface area contributed by atoms with E-state index >= 15 is 0 Å². The molecule has 6 nitrogen and oxygen atoms in total. The van der Waals surface area contributed by atoms with Crippen molar-refractivity contribution >= 4 is 50.3 Å². The average molecular weight is 457 g/mol. The van der Waals surface area contributed by atoms with Gasteiger partial charge in [-0.2, -0.15) is 0 Å². The molecule has 152 valence electrons. The molecule has 1 aliphatic rings. The van der Waals surface area contributed by atoms with Crippen LogP contribution in [-0.4, -0.2) is 23.5 Å². The number of thioether (sulfide) groups is 1. The van der Waals surface area contributed by atoms with Gasteiger partial charge in [0, 0.05) is 11.6 Å². The number of amides is 1. The summed E-state index contributed by atoms with van der Waals surface area (Å²) in [6.07, 6.45) is 1.66. The van der Waals surface area contributed by atoms with E-state index in [1.165, 1.54) is 23.9 Å². The first-order valence-corrected chi connectivity index (χ1v) is 11.6. The summed E-state index contributed by atoms with van der Waals surface area (Å²) in [4.78, 5) is 14.9. The number of thiocarbonyl (C=S) groups is 1. The lowest BCUT2D eigenvalue weighted by atomic mass is 10.2. The Balaban J connectivity index is 1.53. The van der Waals surface area contributed by atoms with Crippen molar-refractivity contribution in [2.45, 2.75) is 11.4 Å². The topological polar surface area (TPSA) is 93.6 Å². The van der Waals surface area contributed by atoms with Crippen LogP contribution in [-0.2, 0) is 21.4 Å². The quantitative estimate of drug-likeness (QED) is 0.461. The number of nitrogens with two attached hydrogens (primary N) is 1. The molecule has 0 spiro atoms. The van der Waals surface area contributed by atoms with E-state index in [9.17, 15) is 13.2 Å². The fraction of sp³-hybridized carbons (Fsp3) is 0.0476. The zero-order valence-corrected chi connectivity index (χ0v) is 18.0. The number of furan rings is 1. The maximum Gasteiger partial charge on any atom is 0.266 e. The van der Waals surface area contributed by atoms with Gasteiger partial charge in [0.15, 0.2) is 0 Å². The summed E-state index contributed by atoms with van der Waals surface area (Å²) in [5.41, 5.74) is 1.69. The highest BCUT2D eigenvalue weighted by molar-refractivity contribution is 8.26. The summed E-state index contributed by atoms with van der Waals surface area (Å²) in [7, 11) is -3.75. The summed E-state index contributed by atoms with van der Waals surface area (Å²) < 4.78 is 29.1. The van der Waals surface area contributed by atoms with Gasteiger partial charge in [-0.25, -0.2) is 13.6 Å². The van der Waals surface area contributed by atoms with Crippen LogP contribution < -0.4 is 5.14 Å². The fourth-order valence-electron chi connectivity index (χ4n) is 2.93. The lowest BCUT2D eigenvalue weighted by molar-refractivity contribution is -0.122. The van der Waals surface area contributed by atoms with Crippen LogP contribution in [0.1, 0.15) is 11.3 Å². The third kappa shape index (κ3) is 4.39.